The minimum Gasteiger partial charge on any atom is -0.326 e. The van der Waals surface area contributed by atoms with Gasteiger partial charge >= 0.3 is 0 Å². The van der Waals surface area contributed by atoms with Crippen molar-refractivity contribution in [3.8, 4) is 0 Å². The van der Waals surface area contributed by atoms with Crippen LogP contribution in [0.1, 0.15) is 27.5 Å². The second kappa shape index (κ2) is 7.05. The van der Waals surface area contributed by atoms with Gasteiger partial charge in [-0.2, -0.15) is 0 Å². The number of thiophene rings is 1. The van der Waals surface area contributed by atoms with Gasteiger partial charge in [0.05, 0.1) is 11.5 Å². The summed E-state index contributed by atoms with van der Waals surface area (Å²) in [6, 6.07) is 10.4. The van der Waals surface area contributed by atoms with Gasteiger partial charge in [-0.15, -0.1) is 11.3 Å². The van der Waals surface area contributed by atoms with Gasteiger partial charge in [-0.3, -0.25) is 9.69 Å². The maximum absolute atomic E-state index is 12.4. The van der Waals surface area contributed by atoms with E-state index in [0.717, 1.165) is 18.1 Å². The fraction of sp³-hybridized carbons (Fsp3) is 0.421. The first-order valence-electron chi connectivity index (χ1n) is 8.35. The van der Waals surface area contributed by atoms with E-state index in [4.69, 9.17) is 5.73 Å². The third kappa shape index (κ3) is 3.53. The fourth-order valence-electron chi connectivity index (χ4n) is 3.32. The van der Waals surface area contributed by atoms with Crippen molar-refractivity contribution >= 4 is 22.2 Å². The standard InChI is InChI=1S/C19H25N3OS/c1-12-13(2)19(24-14(12)3)21-18(23)11-22-9-16(17(20)10-22)15-7-5-4-6-8-15/h4-8,16-17H,9-11,20H2,1-3H3,(H,21,23)/t16-,17+/m0/s1. The Morgan fingerprint density at radius 3 is 2.54 bits per heavy atom. The van der Waals surface area contributed by atoms with Crippen LogP contribution in [0.25, 0.3) is 0 Å². The van der Waals surface area contributed by atoms with Gasteiger partial charge in [-0.1, -0.05) is 30.3 Å². The number of rotatable bonds is 4. The Balaban J connectivity index is 1.60. The third-order valence-electron chi connectivity index (χ3n) is 4.97. The summed E-state index contributed by atoms with van der Waals surface area (Å²) in [4.78, 5) is 15.8. The van der Waals surface area contributed by atoms with E-state index in [2.05, 4.69) is 43.1 Å². The van der Waals surface area contributed by atoms with E-state index in [-0.39, 0.29) is 11.9 Å². The predicted molar refractivity (Wildman–Crippen MR) is 101 cm³/mol. The molecule has 1 aliphatic rings. The number of hydrogen-bond acceptors (Lipinski definition) is 4. The lowest BCUT2D eigenvalue weighted by Gasteiger charge is -2.15. The molecular formula is C19H25N3OS. The fourth-order valence-corrected chi connectivity index (χ4v) is 4.41. The molecule has 0 aliphatic carbocycles. The Kier molecular flexibility index (Phi) is 5.04. The van der Waals surface area contributed by atoms with Gasteiger partial charge in [-0.25, -0.2) is 0 Å². The van der Waals surface area contributed by atoms with Crippen molar-refractivity contribution in [2.24, 2.45) is 5.73 Å². The van der Waals surface area contributed by atoms with E-state index >= 15 is 0 Å². The molecule has 1 aromatic heterocycles. The minimum absolute atomic E-state index is 0.0419. The third-order valence-corrected chi connectivity index (χ3v) is 6.20. The Morgan fingerprint density at radius 2 is 1.92 bits per heavy atom. The van der Waals surface area contributed by atoms with E-state index in [1.807, 2.05) is 18.2 Å². The summed E-state index contributed by atoms with van der Waals surface area (Å²) in [5, 5.41) is 4.04. The first kappa shape index (κ1) is 17.1. The molecule has 1 aliphatic heterocycles. The zero-order valence-corrected chi connectivity index (χ0v) is 15.3. The van der Waals surface area contributed by atoms with Crippen LogP contribution in [-0.2, 0) is 4.79 Å². The largest absolute Gasteiger partial charge is 0.326 e. The van der Waals surface area contributed by atoms with Crippen LogP contribution in [0.2, 0.25) is 0 Å². The van der Waals surface area contributed by atoms with Crippen LogP contribution in [0.5, 0.6) is 0 Å². The molecule has 1 aromatic carbocycles. The summed E-state index contributed by atoms with van der Waals surface area (Å²) in [6.07, 6.45) is 0. The van der Waals surface area contributed by atoms with Crippen LogP contribution in [0.4, 0.5) is 5.00 Å². The highest BCUT2D eigenvalue weighted by molar-refractivity contribution is 7.16. The number of anilines is 1. The van der Waals surface area contributed by atoms with Crippen molar-refractivity contribution in [1.82, 2.24) is 4.90 Å². The van der Waals surface area contributed by atoms with Gasteiger partial charge in [0.2, 0.25) is 5.91 Å². The summed E-state index contributed by atoms with van der Waals surface area (Å²) in [5.41, 5.74) is 10.0. The molecule has 1 fully saturated rings. The van der Waals surface area contributed by atoms with E-state index in [0.29, 0.717) is 12.5 Å². The molecule has 0 unspecified atom stereocenters. The van der Waals surface area contributed by atoms with Crippen LogP contribution in [0.3, 0.4) is 0 Å². The molecule has 3 N–H and O–H groups in total. The monoisotopic (exact) mass is 343 g/mol. The number of nitrogens with zero attached hydrogens (tertiary/aromatic N) is 1. The van der Waals surface area contributed by atoms with Crippen molar-refractivity contribution < 1.29 is 4.79 Å². The summed E-state index contributed by atoms with van der Waals surface area (Å²) in [5.74, 6) is 0.340. The number of likely N-dealkylation sites (tertiary alicyclic amines) is 1. The van der Waals surface area contributed by atoms with Crippen molar-refractivity contribution in [3.05, 3.63) is 51.9 Å². The van der Waals surface area contributed by atoms with Gasteiger partial charge in [0.15, 0.2) is 0 Å². The molecule has 2 heterocycles. The van der Waals surface area contributed by atoms with Crippen LogP contribution in [0.15, 0.2) is 30.3 Å². The van der Waals surface area contributed by atoms with Gasteiger partial charge in [0.1, 0.15) is 0 Å². The maximum Gasteiger partial charge on any atom is 0.239 e. The molecular weight excluding hydrogens is 318 g/mol. The highest BCUT2D eigenvalue weighted by Crippen LogP contribution is 2.31. The normalized spacial score (nSPS) is 21.2. The van der Waals surface area contributed by atoms with Crippen molar-refractivity contribution in [2.75, 3.05) is 25.0 Å². The molecule has 0 bridgehead atoms. The quantitative estimate of drug-likeness (QED) is 0.897. The lowest BCUT2D eigenvalue weighted by Crippen LogP contribution is -2.33. The number of nitrogens with one attached hydrogen (secondary N) is 1. The van der Waals surface area contributed by atoms with E-state index in [1.54, 1.807) is 11.3 Å². The lowest BCUT2D eigenvalue weighted by atomic mass is 9.95. The lowest BCUT2D eigenvalue weighted by molar-refractivity contribution is -0.117. The topological polar surface area (TPSA) is 58.4 Å². The maximum atomic E-state index is 12.4. The molecule has 1 saturated heterocycles. The number of aryl methyl sites for hydroxylation is 1. The Labute approximate surface area is 147 Å². The number of hydrogen-bond donors (Lipinski definition) is 2. The van der Waals surface area contributed by atoms with Crippen molar-refractivity contribution in [3.63, 3.8) is 0 Å². The summed E-state index contributed by atoms with van der Waals surface area (Å²) in [6.45, 7) is 8.24. The number of nitrogens with two attached hydrogens (primary N) is 1. The number of carbonyl (C=O) groups is 1. The van der Waals surface area contributed by atoms with E-state index < -0.39 is 0 Å². The highest BCUT2D eigenvalue weighted by atomic mass is 32.1. The van der Waals surface area contributed by atoms with Crippen LogP contribution < -0.4 is 11.1 Å². The van der Waals surface area contributed by atoms with Gasteiger partial charge in [0.25, 0.3) is 0 Å². The Morgan fingerprint density at radius 1 is 1.21 bits per heavy atom. The molecule has 0 spiro atoms. The molecule has 4 nitrogen and oxygen atoms in total. The number of amides is 1. The first-order valence-corrected chi connectivity index (χ1v) is 9.16. The van der Waals surface area contributed by atoms with Crippen molar-refractivity contribution in [1.29, 1.82) is 0 Å². The summed E-state index contributed by atoms with van der Waals surface area (Å²) in [7, 11) is 0. The molecule has 2 atom stereocenters. The van der Waals surface area contributed by atoms with Crippen LogP contribution in [-0.4, -0.2) is 36.5 Å². The second-order valence-electron chi connectivity index (χ2n) is 6.66. The second-order valence-corrected chi connectivity index (χ2v) is 7.89. The summed E-state index contributed by atoms with van der Waals surface area (Å²) >= 11 is 1.65. The Hall–Kier alpha value is -1.69. The summed E-state index contributed by atoms with van der Waals surface area (Å²) < 4.78 is 0. The molecule has 5 heteroatoms. The Bertz CT molecular complexity index is 726. The SMILES string of the molecule is Cc1sc(NC(=O)CN2C[C@@H](N)[C@H](c3ccccc3)C2)c(C)c1C. The van der Waals surface area contributed by atoms with Crippen LogP contribution >= 0.6 is 11.3 Å². The smallest absolute Gasteiger partial charge is 0.239 e. The minimum atomic E-state index is 0.0419. The van der Waals surface area contributed by atoms with Crippen molar-refractivity contribution in [2.45, 2.75) is 32.7 Å². The average molecular weight is 343 g/mol. The molecule has 1 amide bonds. The molecule has 0 saturated carbocycles. The molecule has 0 radical (unpaired) electrons. The zero-order valence-electron chi connectivity index (χ0n) is 14.5. The van der Waals surface area contributed by atoms with Gasteiger partial charge in [0, 0.05) is 29.9 Å². The van der Waals surface area contributed by atoms with Gasteiger partial charge < -0.3 is 11.1 Å². The molecule has 3 rings (SSSR count). The van der Waals surface area contributed by atoms with Gasteiger partial charge in [-0.05, 0) is 37.5 Å². The molecule has 24 heavy (non-hydrogen) atoms. The highest BCUT2D eigenvalue weighted by Gasteiger charge is 2.32. The first-order chi connectivity index (χ1) is 11.5. The zero-order chi connectivity index (χ0) is 17.3. The number of benzene rings is 1. The molecule has 128 valence electrons. The average Bonchev–Trinajstić information content (AvgIpc) is 3.03. The number of carbonyl (C=O) groups excluding carboxylic acids is 1. The van der Waals surface area contributed by atoms with E-state index in [9.17, 15) is 4.79 Å². The predicted octanol–water partition coefficient (Wildman–Crippen LogP) is 3.04. The van der Waals surface area contributed by atoms with Crippen LogP contribution in [0, 0.1) is 20.8 Å². The molecule has 2 aromatic rings. The van der Waals surface area contributed by atoms with E-state index in [1.165, 1.54) is 21.6 Å².